The van der Waals surface area contributed by atoms with Crippen LogP contribution in [-0.4, -0.2) is 48.8 Å². The minimum atomic E-state index is 0.266. The highest BCUT2D eigenvalue weighted by Gasteiger charge is 2.42. The monoisotopic (exact) mass is 294 g/mol. The van der Waals surface area contributed by atoms with Crippen LogP contribution in [-0.2, 0) is 4.74 Å². The summed E-state index contributed by atoms with van der Waals surface area (Å²) in [5, 5.41) is 3.66. The largest absolute Gasteiger partial charge is 0.375 e. The Hall–Kier alpha value is -0.120. The molecule has 3 heteroatoms. The molecule has 1 aliphatic carbocycles. The first-order chi connectivity index (χ1) is 10.3. The van der Waals surface area contributed by atoms with Gasteiger partial charge in [-0.2, -0.15) is 0 Å². The molecule has 2 aliphatic heterocycles. The molecule has 1 N–H and O–H groups in total. The molecule has 3 rings (SSSR count). The summed E-state index contributed by atoms with van der Waals surface area (Å²) in [4.78, 5) is 2.86. The van der Waals surface area contributed by atoms with Crippen molar-refractivity contribution in [2.24, 2.45) is 0 Å². The van der Waals surface area contributed by atoms with Crippen LogP contribution in [0.4, 0.5) is 0 Å². The van der Waals surface area contributed by atoms with Crippen molar-refractivity contribution in [3.05, 3.63) is 0 Å². The van der Waals surface area contributed by atoms with Crippen LogP contribution >= 0.6 is 0 Å². The van der Waals surface area contributed by atoms with Gasteiger partial charge < -0.3 is 10.1 Å². The molecule has 0 aromatic rings. The number of ether oxygens (including phenoxy) is 1. The van der Waals surface area contributed by atoms with Crippen molar-refractivity contribution in [3.63, 3.8) is 0 Å². The summed E-state index contributed by atoms with van der Waals surface area (Å²) in [6.45, 7) is 6.93. The minimum absolute atomic E-state index is 0.266. The molecule has 0 amide bonds. The molecule has 2 saturated heterocycles. The number of rotatable bonds is 5. The number of hydrogen-bond acceptors (Lipinski definition) is 3. The van der Waals surface area contributed by atoms with E-state index in [2.05, 4.69) is 17.1 Å². The molecule has 0 aromatic heterocycles. The SMILES string of the molecule is CCCNCC1CCCCN1C1CCOC2(CCCC2)C1. The van der Waals surface area contributed by atoms with E-state index in [0.717, 1.165) is 18.7 Å². The number of nitrogens with one attached hydrogen (secondary N) is 1. The lowest BCUT2D eigenvalue weighted by Crippen LogP contribution is -2.55. The Labute approximate surface area is 130 Å². The minimum Gasteiger partial charge on any atom is -0.375 e. The van der Waals surface area contributed by atoms with Crippen LogP contribution in [0, 0.1) is 0 Å². The first kappa shape index (κ1) is 15.8. The molecule has 0 radical (unpaired) electrons. The standard InChI is InChI=1S/C18H34N2O/c1-2-11-19-15-17-7-3-6-12-20(17)16-8-13-21-18(14-16)9-4-5-10-18/h16-17,19H,2-15H2,1H3. The van der Waals surface area contributed by atoms with Gasteiger partial charge in [0.1, 0.15) is 0 Å². The van der Waals surface area contributed by atoms with Gasteiger partial charge in [-0.05, 0) is 58.0 Å². The Kier molecular flexibility index (Phi) is 5.58. The van der Waals surface area contributed by atoms with Crippen molar-refractivity contribution in [1.82, 2.24) is 10.2 Å². The molecule has 2 unspecified atom stereocenters. The Bertz CT molecular complexity index is 314. The van der Waals surface area contributed by atoms with Crippen molar-refractivity contribution in [3.8, 4) is 0 Å². The van der Waals surface area contributed by atoms with Gasteiger partial charge in [0, 0.05) is 25.2 Å². The third kappa shape index (κ3) is 3.80. The maximum atomic E-state index is 6.24. The number of piperidine rings is 1. The molecule has 0 bridgehead atoms. The maximum Gasteiger partial charge on any atom is 0.0697 e. The molecule has 3 nitrogen and oxygen atoms in total. The average Bonchev–Trinajstić information content (AvgIpc) is 2.96. The number of nitrogens with zero attached hydrogens (tertiary/aromatic N) is 1. The third-order valence-electron chi connectivity index (χ3n) is 5.93. The second-order valence-corrected chi connectivity index (χ2v) is 7.48. The van der Waals surface area contributed by atoms with E-state index in [1.54, 1.807) is 0 Å². The zero-order valence-corrected chi connectivity index (χ0v) is 13.9. The molecule has 21 heavy (non-hydrogen) atoms. The maximum absolute atomic E-state index is 6.24. The summed E-state index contributed by atoms with van der Waals surface area (Å²) >= 11 is 0. The summed E-state index contributed by atoms with van der Waals surface area (Å²) in [6.07, 6.45) is 13.4. The van der Waals surface area contributed by atoms with Gasteiger partial charge in [0.2, 0.25) is 0 Å². The fourth-order valence-corrected chi connectivity index (χ4v) is 4.82. The van der Waals surface area contributed by atoms with E-state index in [1.165, 1.54) is 83.8 Å². The molecule has 2 heterocycles. The summed E-state index contributed by atoms with van der Waals surface area (Å²) in [5.74, 6) is 0. The highest BCUT2D eigenvalue weighted by atomic mass is 16.5. The molecule has 0 aromatic carbocycles. The van der Waals surface area contributed by atoms with Crippen molar-refractivity contribution < 1.29 is 4.74 Å². The predicted molar refractivity (Wildman–Crippen MR) is 87.7 cm³/mol. The number of hydrogen-bond donors (Lipinski definition) is 1. The van der Waals surface area contributed by atoms with E-state index in [0.29, 0.717) is 0 Å². The third-order valence-corrected chi connectivity index (χ3v) is 5.93. The van der Waals surface area contributed by atoms with E-state index in [9.17, 15) is 0 Å². The Morgan fingerprint density at radius 3 is 2.81 bits per heavy atom. The lowest BCUT2D eigenvalue weighted by molar-refractivity contribution is -0.109. The van der Waals surface area contributed by atoms with Crippen molar-refractivity contribution in [2.45, 2.75) is 88.8 Å². The van der Waals surface area contributed by atoms with Crippen LogP contribution in [0.1, 0.15) is 71.1 Å². The zero-order chi connectivity index (χ0) is 14.5. The van der Waals surface area contributed by atoms with Gasteiger partial charge in [0.15, 0.2) is 0 Å². The summed E-state index contributed by atoms with van der Waals surface area (Å²) in [7, 11) is 0. The van der Waals surface area contributed by atoms with E-state index in [-0.39, 0.29) is 5.60 Å². The van der Waals surface area contributed by atoms with E-state index >= 15 is 0 Å². The second kappa shape index (κ2) is 7.43. The molecule has 1 saturated carbocycles. The Morgan fingerprint density at radius 1 is 1.14 bits per heavy atom. The summed E-state index contributed by atoms with van der Waals surface area (Å²) < 4.78 is 6.24. The topological polar surface area (TPSA) is 24.5 Å². The summed E-state index contributed by atoms with van der Waals surface area (Å²) in [6, 6.07) is 1.55. The van der Waals surface area contributed by atoms with Crippen molar-refractivity contribution in [1.29, 1.82) is 0 Å². The van der Waals surface area contributed by atoms with E-state index in [4.69, 9.17) is 4.74 Å². The van der Waals surface area contributed by atoms with Crippen LogP contribution in [0.2, 0.25) is 0 Å². The molecule has 3 aliphatic rings. The molecule has 3 fully saturated rings. The van der Waals surface area contributed by atoms with Crippen LogP contribution in [0.5, 0.6) is 0 Å². The van der Waals surface area contributed by atoms with E-state index < -0.39 is 0 Å². The van der Waals surface area contributed by atoms with E-state index in [1.807, 2.05) is 0 Å². The van der Waals surface area contributed by atoms with Crippen LogP contribution < -0.4 is 5.32 Å². The van der Waals surface area contributed by atoms with Gasteiger partial charge in [-0.3, -0.25) is 4.90 Å². The normalized spacial score (nSPS) is 33.6. The van der Waals surface area contributed by atoms with Crippen LogP contribution in [0.3, 0.4) is 0 Å². The molecule has 122 valence electrons. The lowest BCUT2D eigenvalue weighted by Gasteiger charge is -2.47. The van der Waals surface area contributed by atoms with Gasteiger partial charge in [0.05, 0.1) is 5.60 Å². The average molecular weight is 294 g/mol. The van der Waals surface area contributed by atoms with Gasteiger partial charge in [-0.15, -0.1) is 0 Å². The highest BCUT2D eigenvalue weighted by molar-refractivity contribution is 4.96. The zero-order valence-electron chi connectivity index (χ0n) is 13.9. The fourth-order valence-electron chi connectivity index (χ4n) is 4.82. The quantitative estimate of drug-likeness (QED) is 0.787. The predicted octanol–water partition coefficient (Wildman–Crippen LogP) is 3.33. The highest BCUT2D eigenvalue weighted by Crippen LogP contribution is 2.42. The second-order valence-electron chi connectivity index (χ2n) is 7.48. The molecular weight excluding hydrogens is 260 g/mol. The molecule has 1 spiro atoms. The van der Waals surface area contributed by atoms with Gasteiger partial charge in [-0.1, -0.05) is 26.2 Å². The van der Waals surface area contributed by atoms with Gasteiger partial charge in [0.25, 0.3) is 0 Å². The first-order valence-corrected chi connectivity index (χ1v) is 9.43. The Balaban J connectivity index is 1.59. The molecular formula is C18H34N2O. The summed E-state index contributed by atoms with van der Waals surface area (Å²) in [5.41, 5.74) is 0.266. The smallest absolute Gasteiger partial charge is 0.0697 e. The van der Waals surface area contributed by atoms with Crippen molar-refractivity contribution >= 4 is 0 Å². The van der Waals surface area contributed by atoms with Crippen LogP contribution in [0.25, 0.3) is 0 Å². The van der Waals surface area contributed by atoms with Crippen LogP contribution in [0.15, 0.2) is 0 Å². The van der Waals surface area contributed by atoms with Gasteiger partial charge >= 0.3 is 0 Å². The fraction of sp³-hybridized carbons (Fsp3) is 1.00. The Morgan fingerprint density at radius 2 is 2.00 bits per heavy atom. The lowest BCUT2D eigenvalue weighted by atomic mass is 9.86. The number of likely N-dealkylation sites (tertiary alicyclic amines) is 1. The molecule has 2 atom stereocenters. The van der Waals surface area contributed by atoms with Gasteiger partial charge in [-0.25, -0.2) is 0 Å². The van der Waals surface area contributed by atoms with Crippen molar-refractivity contribution in [2.75, 3.05) is 26.2 Å². The first-order valence-electron chi connectivity index (χ1n) is 9.43.